The molecule has 0 unspecified atom stereocenters. The number of hydrogen-bond acceptors (Lipinski definition) is 2. The maximum absolute atomic E-state index is 9.03. The highest BCUT2D eigenvalue weighted by Crippen LogP contribution is 2.28. The maximum Gasteiger partial charge on any atom is 0.0898 e. The average molecular weight is 189 g/mol. The molecule has 0 heterocycles. The van der Waals surface area contributed by atoms with Gasteiger partial charge in [0.25, 0.3) is 0 Å². The Bertz CT molecular complexity index is 312. The molecule has 74 valence electrons. The van der Waals surface area contributed by atoms with Gasteiger partial charge in [-0.25, -0.2) is 0 Å². The van der Waals surface area contributed by atoms with Crippen molar-refractivity contribution >= 4 is 5.71 Å². The van der Waals surface area contributed by atoms with E-state index in [4.69, 9.17) is 5.21 Å². The van der Waals surface area contributed by atoms with Crippen molar-refractivity contribution in [1.29, 1.82) is 0 Å². The molecule has 0 spiro atoms. The van der Waals surface area contributed by atoms with E-state index < -0.39 is 0 Å². The summed E-state index contributed by atoms with van der Waals surface area (Å²) in [7, 11) is 0. The second-order valence-corrected chi connectivity index (χ2v) is 3.83. The molecule has 2 heteroatoms. The molecule has 0 atom stereocenters. The first-order chi connectivity index (χ1) is 6.92. The van der Waals surface area contributed by atoms with Crippen LogP contribution in [0.1, 0.15) is 31.2 Å². The lowest BCUT2D eigenvalue weighted by Crippen LogP contribution is -2.12. The Morgan fingerprint density at radius 1 is 1.14 bits per heavy atom. The third-order valence-electron chi connectivity index (χ3n) is 2.92. The van der Waals surface area contributed by atoms with Crippen LogP contribution in [0.3, 0.4) is 0 Å². The molecule has 1 aliphatic carbocycles. The van der Waals surface area contributed by atoms with Crippen LogP contribution in [0.15, 0.2) is 35.5 Å². The summed E-state index contributed by atoms with van der Waals surface area (Å²) in [6.45, 7) is 0. The summed E-state index contributed by atoms with van der Waals surface area (Å²) in [6.07, 6.45) is 4.84. The Balaban J connectivity index is 2.22. The van der Waals surface area contributed by atoms with Gasteiger partial charge in [-0.15, -0.1) is 0 Å². The number of oxime groups is 1. The van der Waals surface area contributed by atoms with Crippen LogP contribution in [0.4, 0.5) is 0 Å². The molecule has 14 heavy (non-hydrogen) atoms. The number of hydrogen-bond donors (Lipinski definition) is 1. The molecule has 0 bridgehead atoms. The third-order valence-corrected chi connectivity index (χ3v) is 2.92. The summed E-state index contributed by atoms with van der Waals surface area (Å²) >= 11 is 0. The van der Waals surface area contributed by atoms with Gasteiger partial charge in [0.15, 0.2) is 0 Å². The number of benzene rings is 1. The van der Waals surface area contributed by atoms with Crippen molar-refractivity contribution in [2.45, 2.75) is 25.7 Å². The summed E-state index contributed by atoms with van der Waals surface area (Å²) in [5.74, 6) is 0.461. The predicted octanol–water partition coefficient (Wildman–Crippen LogP) is 3.06. The molecular weight excluding hydrogens is 174 g/mol. The molecule has 1 aliphatic rings. The highest BCUT2D eigenvalue weighted by molar-refractivity contribution is 6.01. The van der Waals surface area contributed by atoms with E-state index in [2.05, 4.69) is 5.16 Å². The van der Waals surface area contributed by atoms with E-state index in [0.717, 1.165) is 24.1 Å². The van der Waals surface area contributed by atoms with Crippen LogP contribution in [-0.2, 0) is 0 Å². The molecule has 2 nitrogen and oxygen atoms in total. The lowest BCUT2D eigenvalue weighted by atomic mass is 9.95. The SMILES string of the molecule is O/N=C(/c1ccccc1)C1CCCC1. The van der Waals surface area contributed by atoms with Crippen LogP contribution < -0.4 is 0 Å². The van der Waals surface area contributed by atoms with E-state index in [0.29, 0.717) is 5.92 Å². The normalized spacial score (nSPS) is 18.7. The molecule has 1 fully saturated rings. The molecule has 0 saturated heterocycles. The van der Waals surface area contributed by atoms with E-state index in [1.807, 2.05) is 30.3 Å². The fourth-order valence-electron chi connectivity index (χ4n) is 2.18. The summed E-state index contributed by atoms with van der Waals surface area (Å²) in [4.78, 5) is 0. The van der Waals surface area contributed by atoms with Gasteiger partial charge in [0, 0.05) is 5.92 Å². The zero-order valence-electron chi connectivity index (χ0n) is 8.19. The van der Waals surface area contributed by atoms with Crippen LogP contribution in [0.5, 0.6) is 0 Å². The first kappa shape index (κ1) is 9.25. The van der Waals surface area contributed by atoms with Gasteiger partial charge in [-0.2, -0.15) is 0 Å². The van der Waals surface area contributed by atoms with E-state index in [-0.39, 0.29) is 0 Å². The average Bonchev–Trinajstić information content (AvgIpc) is 2.74. The molecule has 1 aromatic rings. The maximum atomic E-state index is 9.03. The highest BCUT2D eigenvalue weighted by Gasteiger charge is 2.22. The first-order valence-electron chi connectivity index (χ1n) is 5.19. The largest absolute Gasteiger partial charge is 0.411 e. The lowest BCUT2D eigenvalue weighted by Gasteiger charge is -2.10. The Hall–Kier alpha value is -1.31. The van der Waals surface area contributed by atoms with Gasteiger partial charge in [0.2, 0.25) is 0 Å². The zero-order chi connectivity index (χ0) is 9.80. The van der Waals surface area contributed by atoms with Gasteiger partial charge in [-0.05, 0) is 18.4 Å². The summed E-state index contributed by atoms with van der Waals surface area (Å²) in [5.41, 5.74) is 1.92. The minimum Gasteiger partial charge on any atom is -0.411 e. The van der Waals surface area contributed by atoms with Crippen molar-refractivity contribution in [2.75, 3.05) is 0 Å². The summed E-state index contributed by atoms with van der Waals surface area (Å²) in [6, 6.07) is 9.96. The monoisotopic (exact) mass is 189 g/mol. The Morgan fingerprint density at radius 2 is 1.79 bits per heavy atom. The minimum absolute atomic E-state index is 0.461. The molecule has 0 amide bonds. The van der Waals surface area contributed by atoms with Crippen molar-refractivity contribution in [3.63, 3.8) is 0 Å². The van der Waals surface area contributed by atoms with E-state index in [9.17, 15) is 0 Å². The Labute approximate surface area is 84.3 Å². The Kier molecular flexibility index (Phi) is 2.82. The van der Waals surface area contributed by atoms with E-state index in [1.54, 1.807) is 0 Å². The lowest BCUT2D eigenvalue weighted by molar-refractivity contribution is 0.315. The molecule has 1 aromatic carbocycles. The summed E-state index contributed by atoms with van der Waals surface area (Å²) in [5, 5.41) is 12.5. The van der Waals surface area contributed by atoms with Crippen LogP contribution in [0.2, 0.25) is 0 Å². The van der Waals surface area contributed by atoms with Crippen molar-refractivity contribution in [1.82, 2.24) is 0 Å². The fourth-order valence-corrected chi connectivity index (χ4v) is 2.18. The second kappa shape index (κ2) is 4.27. The number of nitrogens with zero attached hydrogens (tertiary/aromatic N) is 1. The molecule has 2 rings (SSSR count). The van der Waals surface area contributed by atoms with Crippen molar-refractivity contribution < 1.29 is 5.21 Å². The van der Waals surface area contributed by atoms with Crippen molar-refractivity contribution in [3.05, 3.63) is 35.9 Å². The van der Waals surface area contributed by atoms with Gasteiger partial charge in [-0.1, -0.05) is 48.3 Å². The van der Waals surface area contributed by atoms with Crippen LogP contribution in [-0.4, -0.2) is 10.9 Å². The highest BCUT2D eigenvalue weighted by atomic mass is 16.4. The molecule has 0 aromatic heterocycles. The minimum atomic E-state index is 0.461. The van der Waals surface area contributed by atoms with Crippen molar-refractivity contribution in [2.24, 2.45) is 11.1 Å². The van der Waals surface area contributed by atoms with Gasteiger partial charge in [0.1, 0.15) is 0 Å². The predicted molar refractivity (Wildman–Crippen MR) is 56.7 cm³/mol. The fraction of sp³-hybridized carbons (Fsp3) is 0.417. The Morgan fingerprint density at radius 3 is 2.36 bits per heavy atom. The molecule has 0 aliphatic heterocycles. The topological polar surface area (TPSA) is 32.6 Å². The van der Waals surface area contributed by atoms with Gasteiger partial charge in [-0.3, -0.25) is 0 Å². The molecule has 0 radical (unpaired) electrons. The van der Waals surface area contributed by atoms with Gasteiger partial charge in [0.05, 0.1) is 5.71 Å². The number of rotatable bonds is 2. The van der Waals surface area contributed by atoms with E-state index >= 15 is 0 Å². The molecule has 1 N–H and O–H groups in total. The van der Waals surface area contributed by atoms with E-state index in [1.165, 1.54) is 12.8 Å². The smallest absolute Gasteiger partial charge is 0.0898 e. The van der Waals surface area contributed by atoms with Gasteiger partial charge >= 0.3 is 0 Å². The quantitative estimate of drug-likeness (QED) is 0.433. The van der Waals surface area contributed by atoms with Crippen LogP contribution in [0, 0.1) is 5.92 Å². The van der Waals surface area contributed by atoms with Crippen LogP contribution >= 0.6 is 0 Å². The zero-order valence-corrected chi connectivity index (χ0v) is 8.19. The molecular formula is C12H15NO. The first-order valence-corrected chi connectivity index (χ1v) is 5.19. The van der Waals surface area contributed by atoms with Crippen molar-refractivity contribution in [3.8, 4) is 0 Å². The second-order valence-electron chi connectivity index (χ2n) is 3.83. The summed E-state index contributed by atoms with van der Waals surface area (Å²) < 4.78 is 0. The molecule has 1 saturated carbocycles. The standard InChI is InChI=1S/C12H15NO/c14-13-12(11-8-4-5-9-11)10-6-2-1-3-7-10/h1-3,6-7,11,14H,4-5,8-9H2/b13-12-. The third kappa shape index (κ3) is 1.79. The van der Waals surface area contributed by atoms with Gasteiger partial charge < -0.3 is 5.21 Å². The van der Waals surface area contributed by atoms with Crippen LogP contribution in [0.25, 0.3) is 0 Å².